The smallest absolute Gasteiger partial charge is 0.138 e. The average molecular weight is 264 g/mol. The summed E-state index contributed by atoms with van der Waals surface area (Å²) in [5, 5.41) is 8.07. The van der Waals surface area contributed by atoms with Crippen LogP contribution in [0.2, 0.25) is 0 Å². The zero-order chi connectivity index (χ0) is 13.5. The minimum atomic E-state index is 0.681. The van der Waals surface area contributed by atoms with Gasteiger partial charge in [0.15, 0.2) is 0 Å². The minimum Gasteiger partial charge on any atom is -0.314 e. The van der Waals surface area contributed by atoms with Crippen molar-refractivity contribution in [2.24, 2.45) is 5.92 Å². The Hall–Kier alpha value is -0.900. The largest absolute Gasteiger partial charge is 0.314 e. The van der Waals surface area contributed by atoms with Gasteiger partial charge < -0.3 is 5.32 Å². The van der Waals surface area contributed by atoms with E-state index in [1.807, 2.05) is 0 Å². The van der Waals surface area contributed by atoms with E-state index in [9.17, 15) is 0 Å². The lowest BCUT2D eigenvalue weighted by Crippen LogP contribution is -2.40. The molecule has 0 bridgehead atoms. The lowest BCUT2D eigenvalue weighted by molar-refractivity contribution is 0.255. The quantitative estimate of drug-likeness (QED) is 0.823. The van der Waals surface area contributed by atoms with E-state index in [-0.39, 0.29) is 0 Å². The van der Waals surface area contributed by atoms with Gasteiger partial charge in [-0.2, -0.15) is 5.10 Å². The molecule has 4 nitrogen and oxygen atoms in total. The molecule has 1 aromatic rings. The molecule has 19 heavy (non-hydrogen) atoms. The Labute approximate surface area is 117 Å². The van der Waals surface area contributed by atoms with Crippen LogP contribution in [0.4, 0.5) is 0 Å². The van der Waals surface area contributed by atoms with Crippen LogP contribution in [0, 0.1) is 5.92 Å². The summed E-state index contributed by atoms with van der Waals surface area (Å²) in [5.41, 5.74) is 0. The van der Waals surface area contributed by atoms with Gasteiger partial charge in [-0.05, 0) is 38.1 Å². The Morgan fingerprint density at radius 2 is 2.11 bits per heavy atom. The van der Waals surface area contributed by atoms with Gasteiger partial charge in [0.1, 0.15) is 12.2 Å². The summed E-state index contributed by atoms with van der Waals surface area (Å²) in [7, 11) is 0. The van der Waals surface area contributed by atoms with Crippen LogP contribution in [-0.4, -0.2) is 27.4 Å². The van der Waals surface area contributed by atoms with Crippen LogP contribution < -0.4 is 5.32 Å². The van der Waals surface area contributed by atoms with E-state index in [1.54, 1.807) is 6.33 Å². The Morgan fingerprint density at radius 3 is 2.89 bits per heavy atom. The molecule has 1 aliphatic rings. The molecule has 0 spiro atoms. The predicted octanol–water partition coefficient (Wildman–Crippen LogP) is 2.79. The van der Waals surface area contributed by atoms with E-state index in [0.29, 0.717) is 6.04 Å². The molecular formula is C15H28N4. The average Bonchev–Trinajstić information content (AvgIpc) is 2.86. The van der Waals surface area contributed by atoms with E-state index < -0.39 is 0 Å². The molecule has 108 valence electrons. The second kappa shape index (κ2) is 7.63. The van der Waals surface area contributed by atoms with Crippen molar-refractivity contribution in [1.82, 2.24) is 20.1 Å². The van der Waals surface area contributed by atoms with Gasteiger partial charge in [0.25, 0.3) is 0 Å². The Bertz CT molecular complexity index is 361. The van der Waals surface area contributed by atoms with Gasteiger partial charge in [0.05, 0.1) is 0 Å². The van der Waals surface area contributed by atoms with Gasteiger partial charge in [-0.15, -0.1) is 0 Å². The van der Waals surface area contributed by atoms with Gasteiger partial charge in [0.2, 0.25) is 0 Å². The molecule has 0 amide bonds. The summed E-state index contributed by atoms with van der Waals surface area (Å²) < 4.78 is 2.09. The minimum absolute atomic E-state index is 0.681. The fourth-order valence-corrected chi connectivity index (χ4v) is 3.13. The summed E-state index contributed by atoms with van der Waals surface area (Å²) in [6.07, 6.45) is 10.5. The first kappa shape index (κ1) is 14.5. The molecule has 0 aliphatic heterocycles. The highest BCUT2D eigenvalue weighted by molar-refractivity contribution is 4.92. The zero-order valence-electron chi connectivity index (χ0n) is 12.4. The van der Waals surface area contributed by atoms with Gasteiger partial charge in [-0.3, -0.25) is 4.68 Å². The second-order valence-corrected chi connectivity index (χ2v) is 5.71. The maximum atomic E-state index is 4.47. The van der Waals surface area contributed by atoms with Gasteiger partial charge >= 0.3 is 0 Å². The highest BCUT2D eigenvalue weighted by atomic mass is 15.3. The molecule has 1 aliphatic carbocycles. The van der Waals surface area contributed by atoms with Crippen LogP contribution in [0.3, 0.4) is 0 Å². The number of hydrogen-bond donors (Lipinski definition) is 1. The van der Waals surface area contributed by atoms with E-state index in [4.69, 9.17) is 0 Å². The summed E-state index contributed by atoms with van der Waals surface area (Å²) in [4.78, 5) is 4.47. The number of nitrogens with zero attached hydrogens (tertiary/aromatic N) is 3. The van der Waals surface area contributed by atoms with Gasteiger partial charge in [-0.25, -0.2) is 4.98 Å². The molecule has 2 atom stereocenters. The molecule has 0 saturated heterocycles. The van der Waals surface area contributed by atoms with E-state index >= 15 is 0 Å². The monoisotopic (exact) mass is 264 g/mol. The van der Waals surface area contributed by atoms with Crippen LogP contribution in [0.5, 0.6) is 0 Å². The van der Waals surface area contributed by atoms with E-state index in [0.717, 1.165) is 31.8 Å². The molecular weight excluding hydrogens is 236 g/mol. The lowest BCUT2D eigenvalue weighted by Gasteiger charge is -2.32. The first-order valence-electron chi connectivity index (χ1n) is 7.95. The molecule has 2 unspecified atom stereocenters. The Balaban J connectivity index is 1.96. The maximum absolute atomic E-state index is 4.47. The highest BCUT2D eigenvalue weighted by Crippen LogP contribution is 2.27. The van der Waals surface area contributed by atoms with Crippen molar-refractivity contribution in [2.45, 2.75) is 71.4 Å². The Morgan fingerprint density at radius 1 is 1.26 bits per heavy atom. The molecule has 1 saturated carbocycles. The summed E-state index contributed by atoms with van der Waals surface area (Å²) in [6.45, 7) is 6.57. The van der Waals surface area contributed by atoms with Crippen molar-refractivity contribution >= 4 is 0 Å². The summed E-state index contributed by atoms with van der Waals surface area (Å²) >= 11 is 0. The zero-order valence-corrected chi connectivity index (χ0v) is 12.4. The van der Waals surface area contributed by atoms with E-state index in [1.165, 1.54) is 37.9 Å². The summed E-state index contributed by atoms with van der Waals surface area (Å²) in [5.74, 6) is 1.91. The van der Waals surface area contributed by atoms with Crippen molar-refractivity contribution in [1.29, 1.82) is 0 Å². The fourth-order valence-electron chi connectivity index (χ4n) is 3.13. The first-order valence-corrected chi connectivity index (χ1v) is 7.95. The van der Waals surface area contributed by atoms with E-state index in [2.05, 4.69) is 33.9 Å². The molecule has 1 fully saturated rings. The molecule has 1 heterocycles. The first-order chi connectivity index (χ1) is 9.35. The molecule has 2 rings (SSSR count). The fraction of sp³-hybridized carbons (Fsp3) is 0.867. The maximum Gasteiger partial charge on any atom is 0.138 e. The predicted molar refractivity (Wildman–Crippen MR) is 78.1 cm³/mol. The number of nitrogens with one attached hydrogen (secondary N) is 1. The second-order valence-electron chi connectivity index (χ2n) is 5.71. The highest BCUT2D eigenvalue weighted by Gasteiger charge is 2.26. The topological polar surface area (TPSA) is 42.7 Å². The normalized spacial score (nSPS) is 23.7. The molecule has 4 heteroatoms. The molecule has 0 aromatic carbocycles. The SMILES string of the molecule is CCCNC1CCCCC1Cc1ncnn1CCC. The third-order valence-corrected chi connectivity index (χ3v) is 4.14. The molecule has 1 N–H and O–H groups in total. The number of rotatable bonds is 7. The number of aryl methyl sites for hydroxylation is 1. The van der Waals surface area contributed by atoms with Gasteiger partial charge in [0, 0.05) is 19.0 Å². The van der Waals surface area contributed by atoms with Crippen LogP contribution >= 0.6 is 0 Å². The number of aromatic nitrogens is 3. The summed E-state index contributed by atoms with van der Waals surface area (Å²) in [6, 6.07) is 0.681. The number of hydrogen-bond acceptors (Lipinski definition) is 3. The van der Waals surface area contributed by atoms with Crippen molar-refractivity contribution in [2.75, 3.05) is 6.54 Å². The molecule has 0 radical (unpaired) electrons. The Kier molecular flexibility index (Phi) is 5.83. The van der Waals surface area contributed by atoms with Crippen molar-refractivity contribution < 1.29 is 0 Å². The standard InChI is InChI=1S/C15H28N4/c1-3-9-16-14-8-6-5-7-13(14)11-15-17-12-18-19(15)10-4-2/h12-14,16H,3-11H2,1-2H3. The van der Waals surface area contributed by atoms with Crippen LogP contribution in [0.1, 0.15) is 58.2 Å². The molecule has 1 aromatic heterocycles. The lowest BCUT2D eigenvalue weighted by atomic mass is 9.82. The van der Waals surface area contributed by atoms with Crippen molar-refractivity contribution in [3.63, 3.8) is 0 Å². The van der Waals surface area contributed by atoms with Crippen LogP contribution in [0.25, 0.3) is 0 Å². The van der Waals surface area contributed by atoms with Crippen molar-refractivity contribution in [3.05, 3.63) is 12.2 Å². The van der Waals surface area contributed by atoms with Crippen LogP contribution in [0.15, 0.2) is 6.33 Å². The van der Waals surface area contributed by atoms with Crippen molar-refractivity contribution in [3.8, 4) is 0 Å². The van der Waals surface area contributed by atoms with Gasteiger partial charge in [-0.1, -0.05) is 26.7 Å². The third kappa shape index (κ3) is 4.03. The van der Waals surface area contributed by atoms with Crippen LogP contribution in [-0.2, 0) is 13.0 Å². The third-order valence-electron chi connectivity index (χ3n) is 4.14.